The summed E-state index contributed by atoms with van der Waals surface area (Å²) in [6, 6.07) is 4.92. The van der Waals surface area contributed by atoms with E-state index < -0.39 is 11.5 Å². The number of imidazole rings is 1. The third-order valence-corrected chi connectivity index (χ3v) is 3.68. The number of aliphatic hydroxyl groups excluding tert-OH is 2. The van der Waals surface area contributed by atoms with Gasteiger partial charge >= 0.3 is 5.97 Å². The summed E-state index contributed by atoms with van der Waals surface area (Å²) in [6.45, 7) is 3.20. The second kappa shape index (κ2) is 5.83. The summed E-state index contributed by atoms with van der Waals surface area (Å²) in [5.41, 5.74) is 0.212. The number of carboxylic acids is 1. The molecule has 0 amide bonds. The van der Waals surface area contributed by atoms with Crippen LogP contribution >= 0.6 is 0 Å². The zero-order valence-corrected chi connectivity index (χ0v) is 12.2. The highest BCUT2D eigenvalue weighted by molar-refractivity contribution is 6.01. The Morgan fingerprint density at radius 3 is 2.52 bits per heavy atom. The molecule has 6 heteroatoms. The van der Waals surface area contributed by atoms with E-state index in [1.54, 1.807) is 23.6 Å². The molecule has 0 spiro atoms. The highest BCUT2D eigenvalue weighted by Gasteiger charge is 2.30. The van der Waals surface area contributed by atoms with Crippen molar-refractivity contribution in [2.24, 2.45) is 0 Å². The van der Waals surface area contributed by atoms with Crippen LogP contribution in [0.4, 0.5) is 0 Å². The van der Waals surface area contributed by atoms with Crippen LogP contribution in [0.2, 0.25) is 0 Å². The topological polar surface area (TPSA) is 95.6 Å². The van der Waals surface area contributed by atoms with Crippen molar-refractivity contribution in [3.8, 4) is 0 Å². The fraction of sp³-hybridized carbons (Fsp3) is 0.467. The van der Waals surface area contributed by atoms with E-state index in [1.165, 1.54) is 6.07 Å². The molecule has 114 valence electrons. The molecule has 0 atom stereocenters. The van der Waals surface area contributed by atoms with Crippen molar-refractivity contribution >= 4 is 17.0 Å². The maximum Gasteiger partial charge on any atom is 0.337 e. The minimum absolute atomic E-state index is 0.127. The van der Waals surface area contributed by atoms with E-state index >= 15 is 0 Å². The Hall–Kier alpha value is -1.92. The number of aromatic nitrogens is 2. The summed E-state index contributed by atoms with van der Waals surface area (Å²) < 4.78 is 1.76. The van der Waals surface area contributed by atoms with Gasteiger partial charge in [-0.3, -0.25) is 0 Å². The first-order valence-corrected chi connectivity index (χ1v) is 6.94. The van der Waals surface area contributed by atoms with Gasteiger partial charge in [0.1, 0.15) is 11.3 Å². The Kier molecular flexibility index (Phi) is 4.29. The van der Waals surface area contributed by atoms with Crippen LogP contribution in [0.5, 0.6) is 0 Å². The zero-order valence-electron chi connectivity index (χ0n) is 12.2. The van der Waals surface area contributed by atoms with Crippen LogP contribution in [-0.2, 0) is 12.0 Å². The van der Waals surface area contributed by atoms with Gasteiger partial charge < -0.3 is 19.9 Å². The summed E-state index contributed by atoms with van der Waals surface area (Å²) in [6.07, 6.45) is 1.47. The lowest BCUT2D eigenvalue weighted by Crippen LogP contribution is -2.39. The molecule has 1 heterocycles. The second-order valence-corrected chi connectivity index (χ2v) is 5.41. The van der Waals surface area contributed by atoms with Crippen LogP contribution < -0.4 is 0 Å². The molecule has 0 fully saturated rings. The van der Waals surface area contributed by atoms with Crippen LogP contribution in [0.15, 0.2) is 18.2 Å². The summed E-state index contributed by atoms with van der Waals surface area (Å²) in [4.78, 5) is 15.8. The van der Waals surface area contributed by atoms with Gasteiger partial charge in [0, 0.05) is 6.42 Å². The smallest absolute Gasteiger partial charge is 0.337 e. The number of benzene rings is 1. The van der Waals surface area contributed by atoms with E-state index in [0.29, 0.717) is 23.3 Å². The van der Waals surface area contributed by atoms with Crippen LogP contribution in [-0.4, -0.2) is 44.1 Å². The number of aromatic carboxylic acids is 1. The largest absolute Gasteiger partial charge is 0.478 e. The molecule has 1 aromatic carbocycles. The fourth-order valence-corrected chi connectivity index (χ4v) is 2.51. The molecular weight excluding hydrogens is 272 g/mol. The molecule has 0 unspecified atom stereocenters. The lowest BCUT2D eigenvalue weighted by Gasteiger charge is -2.29. The highest BCUT2D eigenvalue weighted by Crippen LogP contribution is 2.28. The van der Waals surface area contributed by atoms with Gasteiger partial charge in [-0.15, -0.1) is 0 Å². The molecule has 0 aliphatic rings. The number of aliphatic hydroxyl groups is 2. The van der Waals surface area contributed by atoms with E-state index in [2.05, 4.69) is 4.98 Å². The third-order valence-electron chi connectivity index (χ3n) is 3.68. The van der Waals surface area contributed by atoms with Crippen molar-refractivity contribution in [2.75, 3.05) is 13.2 Å². The summed E-state index contributed by atoms with van der Waals surface area (Å²) in [5.74, 6) is -0.366. The number of carboxylic acid groups (broad SMARTS) is 1. The van der Waals surface area contributed by atoms with E-state index in [0.717, 1.165) is 6.42 Å². The van der Waals surface area contributed by atoms with Gasteiger partial charge in [0.15, 0.2) is 0 Å². The maximum absolute atomic E-state index is 11.3. The van der Waals surface area contributed by atoms with Crippen LogP contribution in [0.3, 0.4) is 0 Å². The van der Waals surface area contributed by atoms with Gasteiger partial charge in [0.2, 0.25) is 0 Å². The summed E-state index contributed by atoms with van der Waals surface area (Å²) in [7, 11) is 0. The molecule has 2 aromatic rings. The minimum Gasteiger partial charge on any atom is -0.478 e. The first kappa shape index (κ1) is 15.5. The number of hydrogen-bond donors (Lipinski definition) is 3. The number of fused-ring (bicyclic) bond motifs is 1. The monoisotopic (exact) mass is 292 g/mol. The normalized spacial score (nSPS) is 12.0. The van der Waals surface area contributed by atoms with Crippen molar-refractivity contribution in [3.63, 3.8) is 0 Å². The molecular formula is C15H20N2O4. The quantitative estimate of drug-likeness (QED) is 0.747. The number of hydrogen-bond acceptors (Lipinski definition) is 4. The number of para-hydroxylation sites is 1. The number of aryl methyl sites for hydroxylation is 1. The minimum atomic E-state index is -1.04. The number of rotatable bonds is 6. The molecule has 21 heavy (non-hydrogen) atoms. The SMILES string of the molecule is CCCc1nc2c(C(=O)O)cccc2n1C(C)(CO)CO. The first-order chi connectivity index (χ1) is 9.98. The van der Waals surface area contributed by atoms with Gasteiger partial charge in [-0.25, -0.2) is 9.78 Å². The van der Waals surface area contributed by atoms with Gasteiger partial charge in [-0.1, -0.05) is 13.0 Å². The van der Waals surface area contributed by atoms with Gasteiger partial charge in [-0.05, 0) is 25.5 Å². The molecule has 0 saturated heterocycles. The van der Waals surface area contributed by atoms with Crippen molar-refractivity contribution in [2.45, 2.75) is 32.2 Å². The highest BCUT2D eigenvalue weighted by atomic mass is 16.4. The van der Waals surface area contributed by atoms with Gasteiger partial charge in [0.05, 0.1) is 29.8 Å². The second-order valence-electron chi connectivity index (χ2n) is 5.41. The van der Waals surface area contributed by atoms with Crippen molar-refractivity contribution in [3.05, 3.63) is 29.6 Å². The zero-order chi connectivity index (χ0) is 15.6. The molecule has 3 N–H and O–H groups in total. The van der Waals surface area contributed by atoms with Crippen LogP contribution in [0.1, 0.15) is 36.5 Å². The van der Waals surface area contributed by atoms with Gasteiger partial charge in [0.25, 0.3) is 0 Å². The van der Waals surface area contributed by atoms with E-state index in [1.807, 2.05) is 6.92 Å². The predicted molar refractivity (Wildman–Crippen MR) is 78.5 cm³/mol. The third kappa shape index (κ3) is 2.52. The average Bonchev–Trinajstić information content (AvgIpc) is 2.85. The molecule has 0 bridgehead atoms. The average molecular weight is 292 g/mol. The molecule has 2 rings (SSSR count). The Morgan fingerprint density at radius 2 is 2.00 bits per heavy atom. The Bertz CT molecular complexity index is 659. The van der Waals surface area contributed by atoms with Gasteiger partial charge in [-0.2, -0.15) is 0 Å². The molecule has 0 radical (unpaired) electrons. The summed E-state index contributed by atoms with van der Waals surface area (Å²) in [5, 5.41) is 28.6. The fourth-order valence-electron chi connectivity index (χ4n) is 2.51. The number of nitrogens with zero attached hydrogens (tertiary/aromatic N) is 2. The molecule has 0 aliphatic heterocycles. The standard InChI is InChI=1S/C15H20N2O4/c1-3-5-12-16-13-10(14(20)21)6-4-7-11(13)17(12)15(2,8-18)9-19/h4,6-7,18-19H,3,5,8-9H2,1-2H3,(H,20,21). The van der Waals surface area contributed by atoms with E-state index in [-0.39, 0.29) is 18.8 Å². The Labute approximate surface area is 122 Å². The summed E-state index contributed by atoms with van der Waals surface area (Å²) >= 11 is 0. The van der Waals surface area contributed by atoms with Crippen LogP contribution in [0.25, 0.3) is 11.0 Å². The Balaban J connectivity index is 2.81. The Morgan fingerprint density at radius 1 is 1.33 bits per heavy atom. The number of carbonyl (C=O) groups is 1. The van der Waals surface area contributed by atoms with Crippen LogP contribution in [0, 0.1) is 0 Å². The van der Waals surface area contributed by atoms with Crippen molar-refractivity contribution < 1.29 is 20.1 Å². The molecule has 6 nitrogen and oxygen atoms in total. The first-order valence-electron chi connectivity index (χ1n) is 6.94. The van der Waals surface area contributed by atoms with Crippen molar-refractivity contribution in [1.82, 2.24) is 9.55 Å². The van der Waals surface area contributed by atoms with E-state index in [4.69, 9.17) is 0 Å². The molecule has 0 aliphatic carbocycles. The molecule has 1 aromatic heterocycles. The maximum atomic E-state index is 11.3. The predicted octanol–water partition coefficient (Wildman–Crippen LogP) is 1.39. The lowest BCUT2D eigenvalue weighted by atomic mass is 10.0. The lowest BCUT2D eigenvalue weighted by molar-refractivity contribution is 0.0699. The van der Waals surface area contributed by atoms with E-state index in [9.17, 15) is 20.1 Å². The molecule has 0 saturated carbocycles. The van der Waals surface area contributed by atoms with Crippen molar-refractivity contribution in [1.29, 1.82) is 0 Å².